The molecule has 0 saturated carbocycles. The summed E-state index contributed by atoms with van der Waals surface area (Å²) in [5, 5.41) is 1.84. The molecule has 0 spiro atoms. The van der Waals surface area contributed by atoms with Crippen molar-refractivity contribution in [3.63, 3.8) is 0 Å². The van der Waals surface area contributed by atoms with Crippen LogP contribution < -0.4 is 0 Å². The zero-order valence-corrected chi connectivity index (χ0v) is 8.23. The van der Waals surface area contributed by atoms with Crippen LogP contribution in [0.2, 0.25) is 5.02 Å². The van der Waals surface area contributed by atoms with Gasteiger partial charge in [0.2, 0.25) is 0 Å². The van der Waals surface area contributed by atoms with Crippen LogP contribution in [-0.2, 0) is 7.05 Å². The fourth-order valence-electron chi connectivity index (χ4n) is 1.33. The number of aryl methyl sites for hydroxylation is 1. The molecule has 2 rings (SSSR count). The molecule has 0 aliphatic rings. The van der Waals surface area contributed by atoms with Gasteiger partial charge in [-0.15, -0.1) is 12.6 Å². The Hall–Kier alpha value is -0.600. The highest BCUT2D eigenvalue weighted by molar-refractivity contribution is 7.80. The first-order chi connectivity index (χ1) is 5.68. The van der Waals surface area contributed by atoms with E-state index in [1.54, 1.807) is 0 Å². The van der Waals surface area contributed by atoms with Crippen molar-refractivity contribution in [2.24, 2.45) is 7.05 Å². The van der Waals surface area contributed by atoms with Crippen molar-refractivity contribution < 1.29 is 0 Å². The van der Waals surface area contributed by atoms with E-state index < -0.39 is 0 Å². The number of fused-ring (bicyclic) bond motifs is 1. The molecular formula is C9H8ClNS. The second-order valence-electron chi connectivity index (χ2n) is 2.79. The minimum absolute atomic E-state index is 0.781. The van der Waals surface area contributed by atoms with Gasteiger partial charge in [0.15, 0.2) is 0 Å². The number of nitrogens with zero attached hydrogens (tertiary/aromatic N) is 1. The van der Waals surface area contributed by atoms with Crippen LogP contribution in [0.1, 0.15) is 0 Å². The number of thiol groups is 1. The first kappa shape index (κ1) is 8.02. The Balaban J connectivity index is 2.90. The zero-order valence-electron chi connectivity index (χ0n) is 6.58. The van der Waals surface area contributed by atoms with Crippen LogP contribution >= 0.6 is 24.2 Å². The average Bonchev–Trinajstić information content (AvgIpc) is 2.28. The third-order valence-corrected chi connectivity index (χ3v) is 2.50. The van der Waals surface area contributed by atoms with Crippen LogP contribution in [0, 0.1) is 0 Å². The molecule has 0 amide bonds. The molecule has 0 fully saturated rings. The fraction of sp³-hybridized carbons (Fsp3) is 0.111. The lowest BCUT2D eigenvalue weighted by atomic mass is 10.2. The topological polar surface area (TPSA) is 4.93 Å². The highest BCUT2D eigenvalue weighted by Crippen LogP contribution is 2.26. The number of halogens is 1. The van der Waals surface area contributed by atoms with E-state index in [0.29, 0.717) is 0 Å². The number of rotatable bonds is 0. The molecule has 0 N–H and O–H groups in total. The fourth-order valence-corrected chi connectivity index (χ4v) is 1.83. The molecule has 1 aromatic carbocycles. The second-order valence-corrected chi connectivity index (χ2v) is 3.71. The predicted octanol–water partition coefficient (Wildman–Crippen LogP) is 3.12. The third kappa shape index (κ3) is 1.11. The summed E-state index contributed by atoms with van der Waals surface area (Å²) >= 11 is 10.2. The first-order valence-corrected chi connectivity index (χ1v) is 4.44. The maximum atomic E-state index is 6.00. The quantitative estimate of drug-likeness (QED) is 0.620. The van der Waals surface area contributed by atoms with E-state index in [4.69, 9.17) is 11.6 Å². The lowest BCUT2D eigenvalue weighted by Crippen LogP contribution is -1.82. The molecule has 0 unspecified atom stereocenters. The van der Waals surface area contributed by atoms with Gasteiger partial charge in [-0.2, -0.15) is 0 Å². The maximum Gasteiger partial charge on any atom is 0.0661 e. The Morgan fingerprint density at radius 2 is 2.17 bits per heavy atom. The summed E-state index contributed by atoms with van der Waals surface area (Å²) in [4.78, 5) is 0.940. The van der Waals surface area contributed by atoms with Crippen LogP contribution in [0.25, 0.3) is 10.9 Å². The van der Waals surface area contributed by atoms with E-state index in [9.17, 15) is 0 Å². The smallest absolute Gasteiger partial charge is 0.0661 e. The van der Waals surface area contributed by atoms with E-state index in [0.717, 1.165) is 20.8 Å². The van der Waals surface area contributed by atoms with Gasteiger partial charge >= 0.3 is 0 Å². The summed E-state index contributed by atoms with van der Waals surface area (Å²) in [6, 6.07) is 5.95. The molecule has 0 radical (unpaired) electrons. The van der Waals surface area contributed by atoms with Crippen molar-refractivity contribution in [3.8, 4) is 0 Å². The molecule has 0 atom stereocenters. The van der Waals surface area contributed by atoms with Gasteiger partial charge in [0.1, 0.15) is 0 Å². The van der Waals surface area contributed by atoms with Crippen LogP contribution in [0.15, 0.2) is 29.3 Å². The molecule has 0 aliphatic carbocycles. The summed E-state index contributed by atoms with van der Waals surface area (Å²) in [6.07, 6.45) is 1.90. The number of aromatic nitrogens is 1. The third-order valence-electron chi connectivity index (χ3n) is 1.92. The first-order valence-electron chi connectivity index (χ1n) is 3.62. The lowest BCUT2D eigenvalue weighted by molar-refractivity contribution is 0.969. The van der Waals surface area contributed by atoms with Gasteiger partial charge in [0, 0.05) is 29.0 Å². The van der Waals surface area contributed by atoms with Gasteiger partial charge in [0.05, 0.1) is 5.02 Å². The number of hydrogen-bond donors (Lipinski definition) is 1. The molecule has 62 valence electrons. The Labute approximate surface area is 81.4 Å². The van der Waals surface area contributed by atoms with Crippen LogP contribution in [0.3, 0.4) is 0 Å². The molecule has 1 heterocycles. The van der Waals surface area contributed by atoms with Crippen molar-refractivity contribution >= 4 is 35.1 Å². The Bertz CT molecular complexity index is 433. The lowest BCUT2D eigenvalue weighted by Gasteiger charge is -1.95. The number of benzene rings is 1. The van der Waals surface area contributed by atoms with Gasteiger partial charge in [-0.3, -0.25) is 0 Å². The van der Waals surface area contributed by atoms with Crippen molar-refractivity contribution in [1.82, 2.24) is 4.57 Å². The minimum atomic E-state index is 0.781. The monoisotopic (exact) mass is 197 g/mol. The van der Waals surface area contributed by atoms with E-state index >= 15 is 0 Å². The summed E-state index contributed by atoms with van der Waals surface area (Å²) in [6.45, 7) is 0. The van der Waals surface area contributed by atoms with Gasteiger partial charge in [-0.1, -0.05) is 11.6 Å². The van der Waals surface area contributed by atoms with Crippen molar-refractivity contribution in [2.45, 2.75) is 4.90 Å². The maximum absolute atomic E-state index is 6.00. The Morgan fingerprint density at radius 1 is 1.42 bits per heavy atom. The molecule has 12 heavy (non-hydrogen) atoms. The molecule has 0 aliphatic heterocycles. The average molecular weight is 198 g/mol. The molecule has 2 aromatic rings. The Kier molecular flexibility index (Phi) is 1.81. The second kappa shape index (κ2) is 2.71. The normalized spacial score (nSPS) is 10.9. The van der Waals surface area contributed by atoms with E-state index in [1.165, 1.54) is 0 Å². The van der Waals surface area contributed by atoms with Gasteiger partial charge in [-0.05, 0) is 18.2 Å². The summed E-state index contributed by atoms with van der Waals surface area (Å²) in [5.41, 5.74) is 1.14. The Morgan fingerprint density at radius 3 is 2.92 bits per heavy atom. The summed E-state index contributed by atoms with van der Waals surface area (Å²) in [7, 11) is 1.98. The SMILES string of the molecule is Cn1cc(Cl)c2cc(S)ccc21. The summed E-state index contributed by atoms with van der Waals surface area (Å²) in [5.74, 6) is 0. The summed E-state index contributed by atoms with van der Waals surface area (Å²) < 4.78 is 2.00. The van der Waals surface area contributed by atoms with Crippen molar-refractivity contribution in [3.05, 3.63) is 29.4 Å². The number of hydrogen-bond acceptors (Lipinski definition) is 1. The predicted molar refractivity (Wildman–Crippen MR) is 55.2 cm³/mol. The highest BCUT2D eigenvalue weighted by Gasteiger charge is 2.03. The van der Waals surface area contributed by atoms with E-state index in [2.05, 4.69) is 12.6 Å². The molecule has 0 saturated heterocycles. The van der Waals surface area contributed by atoms with E-state index in [-0.39, 0.29) is 0 Å². The van der Waals surface area contributed by atoms with Gasteiger partial charge in [0.25, 0.3) is 0 Å². The largest absolute Gasteiger partial charge is 0.349 e. The van der Waals surface area contributed by atoms with Crippen molar-refractivity contribution in [1.29, 1.82) is 0 Å². The van der Waals surface area contributed by atoms with Gasteiger partial charge in [-0.25, -0.2) is 0 Å². The van der Waals surface area contributed by atoms with Gasteiger partial charge < -0.3 is 4.57 Å². The molecule has 0 bridgehead atoms. The standard InChI is InChI=1S/C9H8ClNS/c1-11-5-8(10)7-4-6(12)2-3-9(7)11/h2-5,12H,1H3. The molecule has 3 heteroatoms. The molecule has 1 aromatic heterocycles. The van der Waals surface area contributed by atoms with Crippen LogP contribution in [-0.4, -0.2) is 4.57 Å². The van der Waals surface area contributed by atoms with Crippen molar-refractivity contribution in [2.75, 3.05) is 0 Å². The van der Waals surface area contributed by atoms with E-state index in [1.807, 2.05) is 36.0 Å². The highest BCUT2D eigenvalue weighted by atomic mass is 35.5. The van der Waals surface area contributed by atoms with Crippen LogP contribution in [0.5, 0.6) is 0 Å². The minimum Gasteiger partial charge on any atom is -0.349 e. The molecule has 1 nitrogen and oxygen atoms in total. The van der Waals surface area contributed by atoms with Crippen LogP contribution in [0.4, 0.5) is 0 Å². The molecular weight excluding hydrogens is 190 g/mol. The zero-order chi connectivity index (χ0) is 8.72.